The molecule has 0 unspecified atom stereocenters. The molecule has 1 aliphatic heterocycles. The molecule has 1 aromatic rings. The predicted molar refractivity (Wildman–Crippen MR) is 88.1 cm³/mol. The van der Waals surface area contributed by atoms with Crippen molar-refractivity contribution in [1.82, 2.24) is 9.88 Å². The molecule has 0 aromatic carbocycles. The van der Waals surface area contributed by atoms with Crippen molar-refractivity contribution in [1.29, 1.82) is 0 Å². The predicted octanol–water partition coefficient (Wildman–Crippen LogP) is 3.45. The van der Waals surface area contributed by atoms with Crippen LogP contribution >= 0.6 is 0 Å². The maximum absolute atomic E-state index is 10.5. The van der Waals surface area contributed by atoms with Crippen LogP contribution in [0.15, 0.2) is 18.3 Å². The van der Waals surface area contributed by atoms with E-state index in [4.69, 9.17) is 0 Å². The summed E-state index contributed by atoms with van der Waals surface area (Å²) in [6.45, 7) is 4.69. The smallest absolute Gasteiger partial charge is 0.287 e. The second-order valence-electron chi connectivity index (χ2n) is 5.90. The minimum absolute atomic E-state index is 0.0308. The lowest BCUT2D eigenvalue weighted by molar-refractivity contribution is -0.385. The van der Waals surface area contributed by atoms with Crippen molar-refractivity contribution in [3.63, 3.8) is 0 Å². The van der Waals surface area contributed by atoms with E-state index in [0.717, 1.165) is 13.0 Å². The molecule has 2 rings (SSSR count). The number of hydrogen-bond donors (Lipinski definition) is 1. The maximum Gasteiger partial charge on any atom is 0.287 e. The summed E-state index contributed by atoms with van der Waals surface area (Å²) in [5.74, 6) is 0.707. The second kappa shape index (κ2) is 9.35. The number of pyridine rings is 1. The maximum atomic E-state index is 10.5. The third kappa shape index (κ3) is 5.97. The van der Waals surface area contributed by atoms with Gasteiger partial charge in [-0.05, 0) is 51.4 Å². The molecule has 1 aromatic heterocycles. The Kier molecular flexibility index (Phi) is 7.09. The Morgan fingerprint density at radius 1 is 1.14 bits per heavy atom. The van der Waals surface area contributed by atoms with Crippen molar-refractivity contribution in [3.8, 4) is 0 Å². The molecule has 6 nitrogen and oxygen atoms in total. The van der Waals surface area contributed by atoms with E-state index in [1.165, 1.54) is 70.4 Å². The first-order chi connectivity index (χ1) is 10.8. The van der Waals surface area contributed by atoms with Gasteiger partial charge in [-0.25, -0.2) is 4.98 Å². The van der Waals surface area contributed by atoms with Crippen LogP contribution in [-0.2, 0) is 0 Å². The van der Waals surface area contributed by atoms with E-state index >= 15 is 0 Å². The number of nitrogens with one attached hydrogen (secondary N) is 1. The van der Waals surface area contributed by atoms with E-state index in [2.05, 4.69) is 15.2 Å². The fourth-order valence-corrected chi connectivity index (χ4v) is 2.81. The van der Waals surface area contributed by atoms with Gasteiger partial charge < -0.3 is 10.2 Å². The van der Waals surface area contributed by atoms with Crippen LogP contribution in [0, 0.1) is 10.1 Å². The fourth-order valence-electron chi connectivity index (χ4n) is 2.81. The van der Waals surface area contributed by atoms with Gasteiger partial charge in [-0.2, -0.15) is 0 Å². The standard InChI is InChI=1S/C16H26N4O2/c21-20(22)15-8-9-16(18-14-15)17-10-4-1-2-5-11-19-12-6-3-7-13-19/h8-9,14H,1-7,10-13H2,(H,17,18). The van der Waals surface area contributed by atoms with Crippen molar-refractivity contribution in [2.75, 3.05) is 31.5 Å². The Morgan fingerprint density at radius 2 is 1.91 bits per heavy atom. The molecule has 22 heavy (non-hydrogen) atoms. The molecule has 0 saturated carbocycles. The third-order valence-electron chi connectivity index (χ3n) is 4.11. The minimum Gasteiger partial charge on any atom is -0.370 e. The summed E-state index contributed by atoms with van der Waals surface area (Å²) in [7, 11) is 0. The lowest BCUT2D eigenvalue weighted by Gasteiger charge is -2.26. The zero-order valence-electron chi connectivity index (χ0n) is 13.2. The Hall–Kier alpha value is -1.69. The van der Waals surface area contributed by atoms with E-state index in [9.17, 15) is 10.1 Å². The van der Waals surface area contributed by atoms with Gasteiger partial charge in [0.25, 0.3) is 5.69 Å². The first kappa shape index (κ1) is 16.7. The second-order valence-corrected chi connectivity index (χ2v) is 5.90. The van der Waals surface area contributed by atoms with Gasteiger partial charge >= 0.3 is 0 Å². The summed E-state index contributed by atoms with van der Waals surface area (Å²) in [5, 5.41) is 13.7. The average Bonchev–Trinajstić information content (AvgIpc) is 2.55. The van der Waals surface area contributed by atoms with E-state index in [1.807, 2.05) is 0 Å². The molecule has 1 saturated heterocycles. The lowest BCUT2D eigenvalue weighted by Crippen LogP contribution is -2.30. The largest absolute Gasteiger partial charge is 0.370 e. The molecule has 6 heteroatoms. The van der Waals surface area contributed by atoms with Crippen molar-refractivity contribution >= 4 is 11.5 Å². The van der Waals surface area contributed by atoms with Crippen LogP contribution in [0.2, 0.25) is 0 Å². The first-order valence-electron chi connectivity index (χ1n) is 8.32. The molecule has 0 bridgehead atoms. The van der Waals surface area contributed by atoms with E-state index in [1.54, 1.807) is 6.07 Å². The van der Waals surface area contributed by atoms with E-state index < -0.39 is 4.92 Å². The molecular weight excluding hydrogens is 280 g/mol. The molecular formula is C16H26N4O2. The number of hydrogen-bond acceptors (Lipinski definition) is 5. The van der Waals surface area contributed by atoms with Crippen LogP contribution in [0.3, 0.4) is 0 Å². The highest BCUT2D eigenvalue weighted by Gasteiger charge is 2.08. The molecule has 0 atom stereocenters. The SMILES string of the molecule is O=[N+]([O-])c1ccc(NCCCCCCN2CCCCC2)nc1. The van der Waals surface area contributed by atoms with Crippen LogP contribution in [0.25, 0.3) is 0 Å². The van der Waals surface area contributed by atoms with Crippen LogP contribution < -0.4 is 5.32 Å². The Bertz CT molecular complexity index is 444. The molecule has 0 amide bonds. The molecule has 0 spiro atoms. The van der Waals surface area contributed by atoms with Gasteiger partial charge in [-0.1, -0.05) is 19.3 Å². The Balaban J connectivity index is 1.49. The van der Waals surface area contributed by atoms with Gasteiger partial charge in [0, 0.05) is 12.6 Å². The number of aromatic nitrogens is 1. The number of rotatable bonds is 9. The number of unbranched alkanes of at least 4 members (excludes halogenated alkanes) is 3. The van der Waals surface area contributed by atoms with E-state index in [0.29, 0.717) is 5.82 Å². The zero-order valence-corrected chi connectivity index (χ0v) is 13.2. The van der Waals surface area contributed by atoms with Gasteiger partial charge in [-0.3, -0.25) is 10.1 Å². The van der Waals surface area contributed by atoms with Crippen LogP contribution in [0.4, 0.5) is 11.5 Å². The van der Waals surface area contributed by atoms with Crippen molar-refractivity contribution < 1.29 is 4.92 Å². The fraction of sp³-hybridized carbons (Fsp3) is 0.688. The summed E-state index contributed by atoms with van der Waals surface area (Å²) in [5.41, 5.74) is 0.0308. The quantitative estimate of drug-likeness (QED) is 0.430. The summed E-state index contributed by atoms with van der Waals surface area (Å²) in [6, 6.07) is 3.14. The number of likely N-dealkylation sites (tertiary alicyclic amines) is 1. The van der Waals surface area contributed by atoms with E-state index in [-0.39, 0.29) is 5.69 Å². The Labute approximate surface area is 132 Å². The molecule has 1 N–H and O–H groups in total. The summed E-state index contributed by atoms with van der Waals surface area (Å²) in [4.78, 5) is 16.7. The number of piperidine rings is 1. The topological polar surface area (TPSA) is 71.3 Å². The number of nitrogens with zero attached hydrogens (tertiary/aromatic N) is 3. The van der Waals surface area contributed by atoms with Gasteiger partial charge in [0.05, 0.1) is 4.92 Å². The highest BCUT2D eigenvalue weighted by atomic mass is 16.6. The van der Waals surface area contributed by atoms with Crippen LogP contribution in [0.1, 0.15) is 44.9 Å². The summed E-state index contributed by atoms with van der Waals surface area (Å²) < 4.78 is 0. The molecule has 122 valence electrons. The molecule has 0 aliphatic carbocycles. The van der Waals surface area contributed by atoms with Gasteiger partial charge in [0.15, 0.2) is 0 Å². The molecule has 0 radical (unpaired) electrons. The summed E-state index contributed by atoms with van der Waals surface area (Å²) in [6.07, 6.45) is 10.3. The third-order valence-corrected chi connectivity index (χ3v) is 4.11. The van der Waals surface area contributed by atoms with Crippen LogP contribution in [0.5, 0.6) is 0 Å². The summed E-state index contributed by atoms with van der Waals surface area (Å²) >= 11 is 0. The zero-order chi connectivity index (χ0) is 15.6. The normalized spacial score (nSPS) is 15.6. The minimum atomic E-state index is -0.431. The first-order valence-corrected chi connectivity index (χ1v) is 8.32. The average molecular weight is 306 g/mol. The van der Waals surface area contributed by atoms with Gasteiger partial charge in [0.2, 0.25) is 0 Å². The number of anilines is 1. The molecule has 1 fully saturated rings. The highest BCUT2D eigenvalue weighted by Crippen LogP contribution is 2.12. The van der Waals surface area contributed by atoms with Crippen LogP contribution in [-0.4, -0.2) is 41.0 Å². The number of nitro groups is 1. The highest BCUT2D eigenvalue weighted by molar-refractivity contribution is 5.39. The van der Waals surface area contributed by atoms with Gasteiger partial charge in [-0.15, -0.1) is 0 Å². The molecule has 1 aliphatic rings. The van der Waals surface area contributed by atoms with Crippen molar-refractivity contribution in [2.24, 2.45) is 0 Å². The molecule has 2 heterocycles. The van der Waals surface area contributed by atoms with Crippen molar-refractivity contribution in [3.05, 3.63) is 28.4 Å². The monoisotopic (exact) mass is 306 g/mol. The van der Waals surface area contributed by atoms with Crippen molar-refractivity contribution in [2.45, 2.75) is 44.9 Å². The Morgan fingerprint density at radius 3 is 2.59 bits per heavy atom. The van der Waals surface area contributed by atoms with Gasteiger partial charge in [0.1, 0.15) is 12.0 Å². The lowest BCUT2D eigenvalue weighted by atomic mass is 10.1.